The molecule has 1 unspecified atom stereocenters. The molecule has 2 amide bonds. The van der Waals surface area contributed by atoms with Gasteiger partial charge in [0.2, 0.25) is 0 Å². The second-order valence-electron chi connectivity index (χ2n) is 5.66. The minimum absolute atomic E-state index is 0.0624. The molecule has 0 aromatic heterocycles. The van der Waals surface area contributed by atoms with Gasteiger partial charge in [0, 0.05) is 24.5 Å². The van der Waals surface area contributed by atoms with E-state index in [4.69, 9.17) is 5.73 Å². The number of rotatable bonds is 3. The quantitative estimate of drug-likeness (QED) is 0.878. The third-order valence-electron chi connectivity index (χ3n) is 4.21. The van der Waals surface area contributed by atoms with E-state index in [1.54, 1.807) is 0 Å². The minimum Gasteiger partial charge on any atom is -0.399 e. The van der Waals surface area contributed by atoms with Gasteiger partial charge in [-0.05, 0) is 43.2 Å². The molecule has 4 heteroatoms. The summed E-state index contributed by atoms with van der Waals surface area (Å²) in [6.45, 7) is 3.63. The molecule has 3 rings (SSSR count). The van der Waals surface area contributed by atoms with Crippen LogP contribution in [0.5, 0.6) is 0 Å². The Morgan fingerprint density at radius 1 is 1.00 bits per heavy atom. The average Bonchev–Trinajstić information content (AvgIpc) is 2.56. The number of anilines is 2. The van der Waals surface area contributed by atoms with E-state index in [-0.39, 0.29) is 12.1 Å². The van der Waals surface area contributed by atoms with Crippen molar-refractivity contribution >= 4 is 17.4 Å². The number of urea groups is 1. The van der Waals surface area contributed by atoms with Crippen LogP contribution < -0.4 is 10.6 Å². The molecule has 2 aromatic rings. The van der Waals surface area contributed by atoms with E-state index in [1.165, 1.54) is 0 Å². The normalized spacial score (nSPS) is 16.7. The Labute approximate surface area is 131 Å². The number of benzene rings is 2. The molecule has 0 bridgehead atoms. The molecule has 0 spiro atoms. The lowest BCUT2D eigenvalue weighted by molar-refractivity contribution is 0.175. The van der Waals surface area contributed by atoms with E-state index < -0.39 is 0 Å². The maximum Gasteiger partial charge on any atom is 0.324 e. The van der Waals surface area contributed by atoms with Crippen molar-refractivity contribution in [3.63, 3.8) is 0 Å². The van der Waals surface area contributed by atoms with Gasteiger partial charge in [-0.25, -0.2) is 4.79 Å². The van der Waals surface area contributed by atoms with Gasteiger partial charge < -0.3 is 10.6 Å². The molecular weight excluding hydrogens is 274 g/mol. The number of nitrogen functional groups attached to an aromatic ring is 1. The maximum absolute atomic E-state index is 12.8. The van der Waals surface area contributed by atoms with Crippen LogP contribution in [0.2, 0.25) is 0 Å². The molecule has 1 aliphatic heterocycles. The Bertz CT molecular complexity index is 639. The van der Waals surface area contributed by atoms with Crippen molar-refractivity contribution in [1.29, 1.82) is 0 Å². The van der Waals surface area contributed by atoms with Gasteiger partial charge in [0.15, 0.2) is 0 Å². The van der Waals surface area contributed by atoms with E-state index in [0.29, 0.717) is 5.69 Å². The number of hydrogen-bond donors (Lipinski definition) is 1. The van der Waals surface area contributed by atoms with Gasteiger partial charge in [0.1, 0.15) is 0 Å². The van der Waals surface area contributed by atoms with Gasteiger partial charge in [0.25, 0.3) is 0 Å². The highest BCUT2D eigenvalue weighted by Gasteiger charge is 2.30. The molecule has 0 aliphatic carbocycles. The number of hydrogen-bond acceptors (Lipinski definition) is 2. The predicted octanol–water partition coefficient (Wildman–Crippen LogP) is 3.66. The van der Waals surface area contributed by atoms with Crippen molar-refractivity contribution in [2.75, 3.05) is 23.7 Å². The van der Waals surface area contributed by atoms with Crippen molar-refractivity contribution in [2.24, 2.45) is 0 Å². The number of carbonyl (C=O) groups is 1. The van der Waals surface area contributed by atoms with Crippen LogP contribution in [-0.4, -0.2) is 24.0 Å². The lowest BCUT2D eigenvalue weighted by Gasteiger charge is -2.39. The van der Waals surface area contributed by atoms with Gasteiger partial charge in [0.05, 0.1) is 6.04 Å². The summed E-state index contributed by atoms with van der Waals surface area (Å²) in [6, 6.07) is 17.8. The van der Waals surface area contributed by atoms with Crippen LogP contribution in [0.15, 0.2) is 54.6 Å². The zero-order valence-corrected chi connectivity index (χ0v) is 12.8. The fraction of sp³-hybridized carbons (Fsp3) is 0.278. The van der Waals surface area contributed by atoms with E-state index in [2.05, 4.69) is 19.1 Å². The van der Waals surface area contributed by atoms with Crippen molar-refractivity contribution in [3.8, 4) is 0 Å². The van der Waals surface area contributed by atoms with E-state index in [0.717, 1.165) is 30.8 Å². The fourth-order valence-corrected chi connectivity index (χ4v) is 2.91. The number of nitrogens with two attached hydrogens (primary N) is 1. The van der Waals surface area contributed by atoms with E-state index in [9.17, 15) is 4.79 Å². The Balaban J connectivity index is 1.82. The van der Waals surface area contributed by atoms with Crippen LogP contribution in [0.25, 0.3) is 0 Å². The molecule has 4 nitrogen and oxygen atoms in total. The van der Waals surface area contributed by atoms with Crippen LogP contribution in [0.4, 0.5) is 16.2 Å². The Hall–Kier alpha value is -2.49. The van der Waals surface area contributed by atoms with Crippen molar-refractivity contribution in [3.05, 3.63) is 60.2 Å². The molecule has 22 heavy (non-hydrogen) atoms. The van der Waals surface area contributed by atoms with Crippen molar-refractivity contribution < 1.29 is 4.79 Å². The van der Waals surface area contributed by atoms with Gasteiger partial charge in [-0.1, -0.05) is 30.3 Å². The van der Waals surface area contributed by atoms with Crippen LogP contribution in [0.3, 0.4) is 0 Å². The summed E-state index contributed by atoms with van der Waals surface area (Å²) in [4.78, 5) is 16.6. The van der Waals surface area contributed by atoms with E-state index >= 15 is 0 Å². The minimum atomic E-state index is 0.0624. The zero-order chi connectivity index (χ0) is 15.5. The smallest absolute Gasteiger partial charge is 0.324 e. The first kappa shape index (κ1) is 14.4. The standard InChI is InChI=1S/C18H21N3O/c1-14(15-6-3-2-4-7-15)20-12-5-13-21(18(20)22)17-10-8-16(19)9-11-17/h2-4,6-11,14H,5,12-13,19H2,1H3. The molecule has 2 aromatic carbocycles. The average molecular weight is 295 g/mol. The molecule has 0 saturated carbocycles. The molecule has 1 atom stereocenters. The zero-order valence-electron chi connectivity index (χ0n) is 12.8. The largest absolute Gasteiger partial charge is 0.399 e. The molecule has 2 N–H and O–H groups in total. The van der Waals surface area contributed by atoms with Crippen molar-refractivity contribution in [1.82, 2.24) is 4.90 Å². The fourth-order valence-electron chi connectivity index (χ4n) is 2.91. The first-order chi connectivity index (χ1) is 10.7. The highest BCUT2D eigenvalue weighted by molar-refractivity contribution is 5.93. The third kappa shape index (κ3) is 2.77. The predicted molar refractivity (Wildman–Crippen MR) is 89.8 cm³/mol. The third-order valence-corrected chi connectivity index (χ3v) is 4.21. The summed E-state index contributed by atoms with van der Waals surface area (Å²) < 4.78 is 0. The van der Waals surface area contributed by atoms with Crippen molar-refractivity contribution in [2.45, 2.75) is 19.4 Å². The molecule has 1 aliphatic rings. The summed E-state index contributed by atoms with van der Waals surface area (Å²) in [6.07, 6.45) is 0.966. The highest BCUT2D eigenvalue weighted by Crippen LogP contribution is 2.27. The monoisotopic (exact) mass is 295 g/mol. The second kappa shape index (κ2) is 6.10. The summed E-state index contributed by atoms with van der Waals surface area (Å²) in [5.41, 5.74) is 8.51. The molecule has 0 radical (unpaired) electrons. The first-order valence-electron chi connectivity index (χ1n) is 7.65. The van der Waals surface area contributed by atoms with Crippen LogP contribution in [-0.2, 0) is 0 Å². The van der Waals surface area contributed by atoms with Gasteiger partial charge >= 0.3 is 6.03 Å². The number of amides is 2. The summed E-state index contributed by atoms with van der Waals surface area (Å²) in [7, 11) is 0. The molecule has 1 saturated heterocycles. The van der Waals surface area contributed by atoms with Crippen LogP contribution in [0, 0.1) is 0 Å². The number of carbonyl (C=O) groups excluding carboxylic acids is 1. The summed E-state index contributed by atoms with van der Waals surface area (Å²) in [5.74, 6) is 0. The first-order valence-corrected chi connectivity index (χ1v) is 7.65. The summed E-state index contributed by atoms with van der Waals surface area (Å²) in [5, 5.41) is 0. The molecular formula is C18H21N3O. The van der Waals surface area contributed by atoms with Gasteiger partial charge in [-0.15, -0.1) is 0 Å². The van der Waals surface area contributed by atoms with Gasteiger partial charge in [-0.2, -0.15) is 0 Å². The second-order valence-corrected chi connectivity index (χ2v) is 5.66. The maximum atomic E-state index is 12.8. The van der Waals surface area contributed by atoms with Crippen LogP contribution >= 0.6 is 0 Å². The molecule has 1 fully saturated rings. The Morgan fingerprint density at radius 2 is 1.68 bits per heavy atom. The van der Waals surface area contributed by atoms with Gasteiger partial charge in [-0.3, -0.25) is 4.90 Å². The highest BCUT2D eigenvalue weighted by atomic mass is 16.2. The van der Waals surface area contributed by atoms with E-state index in [1.807, 2.05) is 52.3 Å². The number of nitrogens with zero attached hydrogens (tertiary/aromatic N) is 2. The lowest BCUT2D eigenvalue weighted by atomic mass is 10.1. The Morgan fingerprint density at radius 3 is 2.36 bits per heavy atom. The van der Waals surface area contributed by atoms with Crippen LogP contribution in [0.1, 0.15) is 24.9 Å². The SMILES string of the molecule is CC(c1ccccc1)N1CCCN(c2ccc(N)cc2)C1=O. The summed E-state index contributed by atoms with van der Waals surface area (Å²) >= 11 is 0. The topological polar surface area (TPSA) is 49.6 Å². The molecule has 114 valence electrons. The molecule has 1 heterocycles. The lowest BCUT2D eigenvalue weighted by Crippen LogP contribution is -2.50. The Kier molecular flexibility index (Phi) is 4.00.